The van der Waals surface area contributed by atoms with Crippen molar-refractivity contribution in [3.8, 4) is 0 Å². The second kappa shape index (κ2) is 8.30. The summed E-state index contributed by atoms with van der Waals surface area (Å²) in [5.74, 6) is 0.798. The molecule has 1 rings (SSSR count). The van der Waals surface area contributed by atoms with Gasteiger partial charge in [0, 0.05) is 9.70 Å². The molecule has 1 aromatic heterocycles. The molecule has 0 aliphatic rings. The molecule has 0 saturated heterocycles. The van der Waals surface area contributed by atoms with Crippen LogP contribution in [-0.2, 0) is 0 Å². The fraction of sp³-hybridized carbons (Fsp3) is 0.714. The van der Waals surface area contributed by atoms with Crippen molar-refractivity contribution < 1.29 is 0 Å². The summed E-state index contributed by atoms with van der Waals surface area (Å²) in [6, 6.07) is 4.49. The second-order valence-corrected chi connectivity index (χ2v) is 6.71. The van der Waals surface area contributed by atoms with E-state index in [1.165, 1.54) is 38.5 Å². The summed E-state index contributed by atoms with van der Waals surface area (Å²) in [6.45, 7) is 4.54. The Bertz CT molecular complexity index is 256. The maximum absolute atomic E-state index is 3.74. The molecule has 2 heteroatoms. The lowest BCUT2D eigenvalue weighted by atomic mass is 9.94. The van der Waals surface area contributed by atoms with Gasteiger partial charge in [-0.05, 0) is 43.0 Å². The summed E-state index contributed by atoms with van der Waals surface area (Å²) in [6.07, 6.45) is 7.92. The highest BCUT2D eigenvalue weighted by molar-refractivity contribution is 9.09. The number of halogens is 1. The van der Waals surface area contributed by atoms with Crippen LogP contribution in [0.5, 0.6) is 0 Å². The first-order chi connectivity index (χ1) is 7.77. The summed E-state index contributed by atoms with van der Waals surface area (Å²) in [7, 11) is 0. The third-order valence-corrected chi connectivity index (χ3v) is 5.26. The van der Waals surface area contributed by atoms with E-state index >= 15 is 0 Å². The minimum atomic E-state index is 0.705. The zero-order valence-corrected chi connectivity index (χ0v) is 12.8. The molecular formula is C14H23BrS. The van der Waals surface area contributed by atoms with Crippen molar-refractivity contribution in [3.05, 3.63) is 22.4 Å². The van der Waals surface area contributed by atoms with Crippen molar-refractivity contribution in [3.63, 3.8) is 0 Å². The molecular weight excluding hydrogens is 280 g/mol. The van der Waals surface area contributed by atoms with Gasteiger partial charge in [-0.2, -0.15) is 0 Å². The van der Waals surface area contributed by atoms with Crippen LogP contribution in [0.4, 0.5) is 0 Å². The number of hydrogen-bond donors (Lipinski definition) is 0. The predicted molar refractivity (Wildman–Crippen MR) is 78.8 cm³/mol. The molecule has 0 saturated carbocycles. The lowest BCUT2D eigenvalue weighted by Crippen LogP contribution is -2.02. The molecule has 0 amide bonds. The monoisotopic (exact) mass is 302 g/mol. The van der Waals surface area contributed by atoms with Gasteiger partial charge >= 0.3 is 0 Å². The molecule has 1 aromatic rings. The topological polar surface area (TPSA) is 0 Å². The lowest BCUT2D eigenvalue weighted by molar-refractivity contribution is 0.528. The SMILES string of the molecule is CCCCC(CCC(Br)CC)c1cccs1. The van der Waals surface area contributed by atoms with E-state index in [1.54, 1.807) is 4.88 Å². The first kappa shape index (κ1) is 14.2. The Hall–Kier alpha value is 0.180. The lowest BCUT2D eigenvalue weighted by Gasteiger charge is -2.16. The Morgan fingerprint density at radius 1 is 1.25 bits per heavy atom. The molecule has 0 radical (unpaired) electrons. The van der Waals surface area contributed by atoms with Gasteiger partial charge in [-0.25, -0.2) is 0 Å². The van der Waals surface area contributed by atoms with Gasteiger partial charge in [-0.1, -0.05) is 48.7 Å². The summed E-state index contributed by atoms with van der Waals surface area (Å²) in [4.78, 5) is 2.29. The molecule has 0 fully saturated rings. The molecule has 0 aromatic carbocycles. The molecule has 0 N–H and O–H groups in total. The van der Waals surface area contributed by atoms with Crippen LogP contribution in [0, 0.1) is 0 Å². The molecule has 0 aliphatic heterocycles. The number of thiophene rings is 1. The summed E-state index contributed by atoms with van der Waals surface area (Å²) in [5.41, 5.74) is 0. The van der Waals surface area contributed by atoms with Crippen molar-refractivity contribution >= 4 is 27.3 Å². The minimum absolute atomic E-state index is 0.705. The average Bonchev–Trinajstić information content (AvgIpc) is 2.82. The molecule has 2 unspecified atom stereocenters. The van der Waals surface area contributed by atoms with E-state index in [0.717, 1.165) is 5.92 Å². The molecule has 0 spiro atoms. The Morgan fingerprint density at radius 2 is 2.06 bits per heavy atom. The highest BCUT2D eigenvalue weighted by atomic mass is 79.9. The van der Waals surface area contributed by atoms with Crippen molar-refractivity contribution in [1.82, 2.24) is 0 Å². The second-order valence-electron chi connectivity index (χ2n) is 4.44. The van der Waals surface area contributed by atoms with E-state index in [0.29, 0.717) is 4.83 Å². The fourth-order valence-corrected chi connectivity index (χ4v) is 3.15. The zero-order valence-electron chi connectivity index (χ0n) is 10.4. The standard InChI is InChI=1S/C14H23BrS/c1-3-5-7-12(9-10-13(15)4-2)14-8-6-11-16-14/h6,8,11-13H,3-5,7,9-10H2,1-2H3. The molecule has 0 aliphatic carbocycles. The zero-order chi connectivity index (χ0) is 11.8. The quantitative estimate of drug-likeness (QED) is 0.518. The normalized spacial score (nSPS) is 14.9. The molecule has 92 valence electrons. The summed E-state index contributed by atoms with van der Waals surface area (Å²) >= 11 is 5.67. The van der Waals surface area contributed by atoms with Gasteiger partial charge in [0.2, 0.25) is 0 Å². The molecule has 16 heavy (non-hydrogen) atoms. The maximum atomic E-state index is 3.74. The van der Waals surface area contributed by atoms with E-state index in [-0.39, 0.29) is 0 Å². The summed E-state index contributed by atoms with van der Waals surface area (Å²) < 4.78 is 0. The number of alkyl halides is 1. The van der Waals surface area contributed by atoms with Crippen LogP contribution < -0.4 is 0 Å². The van der Waals surface area contributed by atoms with Crippen LogP contribution in [0.1, 0.15) is 63.2 Å². The van der Waals surface area contributed by atoms with Crippen molar-refractivity contribution in [2.45, 2.75) is 63.1 Å². The van der Waals surface area contributed by atoms with E-state index in [2.05, 4.69) is 47.3 Å². The first-order valence-electron chi connectivity index (χ1n) is 6.45. The van der Waals surface area contributed by atoms with Gasteiger partial charge in [0.05, 0.1) is 0 Å². The van der Waals surface area contributed by atoms with Gasteiger partial charge in [0.15, 0.2) is 0 Å². The van der Waals surface area contributed by atoms with Gasteiger partial charge in [-0.15, -0.1) is 11.3 Å². The highest BCUT2D eigenvalue weighted by Crippen LogP contribution is 2.32. The fourth-order valence-electron chi connectivity index (χ4n) is 1.99. The highest BCUT2D eigenvalue weighted by Gasteiger charge is 2.13. The molecule has 2 atom stereocenters. The number of unbranched alkanes of at least 4 members (excludes halogenated alkanes) is 1. The number of hydrogen-bond acceptors (Lipinski definition) is 1. The van der Waals surface area contributed by atoms with Gasteiger partial charge in [0.25, 0.3) is 0 Å². The third kappa shape index (κ3) is 5.01. The van der Waals surface area contributed by atoms with Crippen LogP contribution in [-0.4, -0.2) is 4.83 Å². The smallest absolute Gasteiger partial charge is 0.0143 e. The van der Waals surface area contributed by atoms with Crippen molar-refractivity contribution in [1.29, 1.82) is 0 Å². The molecule has 1 heterocycles. The van der Waals surface area contributed by atoms with Gasteiger partial charge in [0.1, 0.15) is 0 Å². The van der Waals surface area contributed by atoms with E-state index < -0.39 is 0 Å². The Morgan fingerprint density at radius 3 is 2.62 bits per heavy atom. The van der Waals surface area contributed by atoms with Crippen molar-refractivity contribution in [2.75, 3.05) is 0 Å². The molecule has 0 nitrogen and oxygen atoms in total. The third-order valence-electron chi connectivity index (χ3n) is 3.12. The first-order valence-corrected chi connectivity index (χ1v) is 8.24. The van der Waals surface area contributed by atoms with Crippen LogP contribution in [0.2, 0.25) is 0 Å². The Labute approximate surface area is 113 Å². The van der Waals surface area contributed by atoms with E-state index in [4.69, 9.17) is 0 Å². The average molecular weight is 303 g/mol. The van der Waals surface area contributed by atoms with Crippen LogP contribution >= 0.6 is 27.3 Å². The maximum Gasteiger partial charge on any atom is 0.0143 e. The van der Waals surface area contributed by atoms with Crippen LogP contribution in [0.15, 0.2) is 17.5 Å². The van der Waals surface area contributed by atoms with E-state index in [9.17, 15) is 0 Å². The predicted octanol–water partition coefficient (Wildman–Crippen LogP) is 5.98. The summed E-state index contributed by atoms with van der Waals surface area (Å²) in [5, 5.41) is 2.21. The van der Waals surface area contributed by atoms with Crippen LogP contribution in [0.25, 0.3) is 0 Å². The molecule has 0 bridgehead atoms. The Balaban J connectivity index is 2.44. The van der Waals surface area contributed by atoms with Gasteiger partial charge < -0.3 is 0 Å². The number of rotatable bonds is 8. The van der Waals surface area contributed by atoms with E-state index in [1.807, 2.05) is 11.3 Å². The van der Waals surface area contributed by atoms with Gasteiger partial charge in [-0.3, -0.25) is 0 Å². The van der Waals surface area contributed by atoms with Crippen molar-refractivity contribution in [2.24, 2.45) is 0 Å². The largest absolute Gasteiger partial charge is 0.149 e. The van der Waals surface area contributed by atoms with Crippen LogP contribution in [0.3, 0.4) is 0 Å². The Kier molecular flexibility index (Phi) is 7.39. The minimum Gasteiger partial charge on any atom is -0.149 e.